The van der Waals surface area contributed by atoms with Crippen molar-refractivity contribution < 1.29 is 9.52 Å². The molecule has 1 heterocycles. The standard InChI is InChI=1S/C15H18BrNO2.ClH/c1-10-7-12(16)3-5-14(10)15-6-4-13(19-15)9-17-8-11(2)18;/h3-7,11,17-18H,8-9H2,1-2H3;1H. The van der Waals surface area contributed by atoms with Crippen LogP contribution in [0.4, 0.5) is 0 Å². The predicted molar refractivity (Wildman–Crippen MR) is 87.2 cm³/mol. The number of aliphatic hydroxyl groups is 1. The van der Waals surface area contributed by atoms with Crippen molar-refractivity contribution in [2.75, 3.05) is 6.54 Å². The molecule has 0 aliphatic heterocycles. The van der Waals surface area contributed by atoms with Gasteiger partial charge in [0, 0.05) is 16.6 Å². The highest BCUT2D eigenvalue weighted by molar-refractivity contribution is 9.10. The van der Waals surface area contributed by atoms with E-state index in [0.717, 1.165) is 21.6 Å². The van der Waals surface area contributed by atoms with Gasteiger partial charge in [0.2, 0.25) is 0 Å². The average Bonchev–Trinajstić information content (AvgIpc) is 2.77. The van der Waals surface area contributed by atoms with Gasteiger partial charge in [-0.1, -0.05) is 15.9 Å². The molecule has 0 aliphatic rings. The maximum Gasteiger partial charge on any atom is 0.134 e. The van der Waals surface area contributed by atoms with Gasteiger partial charge in [-0.2, -0.15) is 0 Å². The van der Waals surface area contributed by atoms with Crippen molar-refractivity contribution in [3.8, 4) is 11.3 Å². The number of benzene rings is 1. The smallest absolute Gasteiger partial charge is 0.134 e. The molecule has 1 unspecified atom stereocenters. The zero-order valence-electron chi connectivity index (χ0n) is 11.5. The molecular weight excluding hydrogens is 342 g/mol. The SMILES string of the molecule is Cc1cc(Br)ccc1-c1ccc(CNCC(C)O)o1.Cl. The maximum absolute atomic E-state index is 9.18. The summed E-state index contributed by atoms with van der Waals surface area (Å²) in [4.78, 5) is 0. The normalized spacial score (nSPS) is 12.0. The predicted octanol–water partition coefficient (Wildman–Crippen LogP) is 3.91. The minimum Gasteiger partial charge on any atom is -0.460 e. The first-order chi connectivity index (χ1) is 9.06. The summed E-state index contributed by atoms with van der Waals surface area (Å²) in [6.07, 6.45) is -0.344. The summed E-state index contributed by atoms with van der Waals surface area (Å²) in [5.74, 6) is 1.75. The molecule has 0 saturated heterocycles. The molecule has 110 valence electrons. The Bertz CT molecular complexity index is 555. The second-order valence-electron chi connectivity index (χ2n) is 4.71. The molecule has 2 rings (SSSR count). The van der Waals surface area contributed by atoms with E-state index in [1.54, 1.807) is 6.92 Å². The van der Waals surface area contributed by atoms with Crippen molar-refractivity contribution >= 4 is 28.3 Å². The number of halogens is 2. The van der Waals surface area contributed by atoms with Gasteiger partial charge in [-0.05, 0) is 49.7 Å². The molecule has 0 fully saturated rings. The highest BCUT2D eigenvalue weighted by Crippen LogP contribution is 2.27. The highest BCUT2D eigenvalue weighted by atomic mass is 79.9. The van der Waals surface area contributed by atoms with E-state index < -0.39 is 0 Å². The summed E-state index contributed by atoms with van der Waals surface area (Å²) in [5, 5.41) is 12.3. The van der Waals surface area contributed by atoms with Gasteiger partial charge in [0.1, 0.15) is 11.5 Å². The van der Waals surface area contributed by atoms with Crippen LogP contribution in [0.2, 0.25) is 0 Å². The van der Waals surface area contributed by atoms with Crippen molar-refractivity contribution in [1.29, 1.82) is 0 Å². The Morgan fingerprint density at radius 3 is 2.70 bits per heavy atom. The molecule has 2 aromatic rings. The van der Waals surface area contributed by atoms with Crippen LogP contribution >= 0.6 is 28.3 Å². The Kier molecular flexibility index (Phi) is 6.76. The summed E-state index contributed by atoms with van der Waals surface area (Å²) >= 11 is 3.46. The lowest BCUT2D eigenvalue weighted by Gasteiger charge is -2.05. The van der Waals surface area contributed by atoms with Crippen LogP contribution in [0.3, 0.4) is 0 Å². The quantitative estimate of drug-likeness (QED) is 0.850. The third-order valence-electron chi connectivity index (χ3n) is 2.85. The van der Waals surface area contributed by atoms with Crippen molar-refractivity contribution in [1.82, 2.24) is 5.32 Å². The first kappa shape index (κ1) is 17.2. The minimum absolute atomic E-state index is 0. The molecule has 1 atom stereocenters. The summed E-state index contributed by atoms with van der Waals surface area (Å²) in [5.41, 5.74) is 2.28. The maximum atomic E-state index is 9.18. The molecule has 0 saturated carbocycles. The van der Waals surface area contributed by atoms with Gasteiger partial charge in [-0.25, -0.2) is 0 Å². The fourth-order valence-electron chi connectivity index (χ4n) is 1.93. The summed E-state index contributed by atoms with van der Waals surface area (Å²) < 4.78 is 6.88. The van der Waals surface area contributed by atoms with E-state index in [2.05, 4.69) is 34.2 Å². The van der Waals surface area contributed by atoms with Crippen LogP contribution in [0.25, 0.3) is 11.3 Å². The number of aliphatic hydroxyl groups excluding tert-OH is 1. The molecule has 0 bridgehead atoms. The Morgan fingerprint density at radius 2 is 2.05 bits per heavy atom. The third-order valence-corrected chi connectivity index (χ3v) is 3.35. The molecule has 0 spiro atoms. The van der Waals surface area contributed by atoms with Gasteiger partial charge in [0.15, 0.2) is 0 Å². The monoisotopic (exact) mass is 359 g/mol. The topological polar surface area (TPSA) is 45.4 Å². The van der Waals surface area contributed by atoms with E-state index in [1.165, 1.54) is 5.56 Å². The molecule has 0 radical (unpaired) electrons. The molecule has 1 aromatic heterocycles. The molecule has 0 amide bonds. The molecule has 0 aliphatic carbocycles. The number of aryl methyl sites for hydroxylation is 1. The Morgan fingerprint density at radius 1 is 1.30 bits per heavy atom. The molecule has 2 N–H and O–H groups in total. The van der Waals surface area contributed by atoms with E-state index in [1.807, 2.05) is 24.3 Å². The second-order valence-corrected chi connectivity index (χ2v) is 5.62. The zero-order valence-corrected chi connectivity index (χ0v) is 13.9. The lowest BCUT2D eigenvalue weighted by Crippen LogP contribution is -2.23. The fraction of sp³-hybridized carbons (Fsp3) is 0.333. The van der Waals surface area contributed by atoms with Crippen molar-refractivity contribution in [3.63, 3.8) is 0 Å². The van der Waals surface area contributed by atoms with Crippen molar-refractivity contribution in [3.05, 3.63) is 46.1 Å². The van der Waals surface area contributed by atoms with Crippen molar-refractivity contribution in [2.24, 2.45) is 0 Å². The van der Waals surface area contributed by atoms with E-state index >= 15 is 0 Å². The van der Waals surface area contributed by atoms with Gasteiger partial charge in [0.05, 0.1) is 12.6 Å². The highest BCUT2D eigenvalue weighted by Gasteiger charge is 2.08. The fourth-order valence-corrected chi connectivity index (χ4v) is 2.40. The zero-order chi connectivity index (χ0) is 13.8. The van der Waals surface area contributed by atoms with Crippen LogP contribution in [-0.2, 0) is 6.54 Å². The van der Waals surface area contributed by atoms with Crippen LogP contribution in [-0.4, -0.2) is 17.8 Å². The number of furan rings is 1. The third kappa shape index (κ3) is 4.63. The number of hydrogen-bond acceptors (Lipinski definition) is 3. The number of hydrogen-bond donors (Lipinski definition) is 2. The summed E-state index contributed by atoms with van der Waals surface area (Å²) in [7, 11) is 0. The van der Waals surface area contributed by atoms with E-state index in [-0.39, 0.29) is 18.5 Å². The van der Waals surface area contributed by atoms with Crippen molar-refractivity contribution in [2.45, 2.75) is 26.5 Å². The number of nitrogens with one attached hydrogen (secondary N) is 1. The number of rotatable bonds is 5. The second kappa shape index (κ2) is 7.84. The van der Waals surface area contributed by atoms with E-state index in [4.69, 9.17) is 4.42 Å². The minimum atomic E-state index is -0.344. The lowest BCUT2D eigenvalue weighted by molar-refractivity contribution is 0.190. The largest absolute Gasteiger partial charge is 0.460 e. The average molecular weight is 361 g/mol. The molecular formula is C15H19BrClNO2. The van der Waals surface area contributed by atoms with Crippen LogP contribution in [0.1, 0.15) is 18.2 Å². The molecule has 5 heteroatoms. The van der Waals surface area contributed by atoms with E-state index in [9.17, 15) is 5.11 Å². The summed E-state index contributed by atoms with van der Waals surface area (Å²) in [6, 6.07) is 10.1. The molecule has 20 heavy (non-hydrogen) atoms. The van der Waals surface area contributed by atoms with Gasteiger partial charge >= 0.3 is 0 Å². The Balaban J connectivity index is 0.00000200. The lowest BCUT2D eigenvalue weighted by atomic mass is 10.1. The van der Waals surface area contributed by atoms with Crippen LogP contribution in [0, 0.1) is 6.92 Å². The summed E-state index contributed by atoms with van der Waals surface area (Å²) in [6.45, 7) is 5.01. The van der Waals surface area contributed by atoms with Gasteiger partial charge in [-0.3, -0.25) is 0 Å². The first-order valence-electron chi connectivity index (χ1n) is 6.30. The van der Waals surface area contributed by atoms with Crippen LogP contribution in [0.5, 0.6) is 0 Å². The van der Waals surface area contributed by atoms with Gasteiger partial charge < -0.3 is 14.8 Å². The van der Waals surface area contributed by atoms with Gasteiger partial charge in [0.25, 0.3) is 0 Å². The Hall–Kier alpha value is -0.810. The Labute approximate surface area is 133 Å². The first-order valence-corrected chi connectivity index (χ1v) is 7.09. The molecule has 1 aromatic carbocycles. The molecule has 3 nitrogen and oxygen atoms in total. The van der Waals surface area contributed by atoms with Crippen LogP contribution in [0.15, 0.2) is 39.2 Å². The van der Waals surface area contributed by atoms with Gasteiger partial charge in [-0.15, -0.1) is 12.4 Å². The van der Waals surface area contributed by atoms with E-state index in [0.29, 0.717) is 13.1 Å². The van der Waals surface area contributed by atoms with Crippen LogP contribution < -0.4 is 5.32 Å².